The predicted molar refractivity (Wildman–Crippen MR) is 129 cm³/mol. The Hall–Kier alpha value is -2.91. The highest BCUT2D eigenvalue weighted by Crippen LogP contribution is 2.21. The van der Waals surface area contributed by atoms with E-state index in [0.717, 1.165) is 17.5 Å². The minimum absolute atomic E-state index is 0.0808. The number of aryl methyl sites for hydroxylation is 1. The molecule has 2 unspecified atom stereocenters. The molecule has 2 rings (SSSR count). The van der Waals surface area contributed by atoms with Crippen molar-refractivity contribution in [3.63, 3.8) is 0 Å². The number of hydrogen-bond donors (Lipinski definition) is 3. The summed E-state index contributed by atoms with van der Waals surface area (Å²) in [7, 11) is 0. The molecule has 0 saturated carbocycles. The number of rotatable bonds is 15. The number of aromatic nitrogens is 2. The summed E-state index contributed by atoms with van der Waals surface area (Å²) >= 11 is 0. The molecule has 0 fully saturated rings. The van der Waals surface area contributed by atoms with Crippen molar-refractivity contribution in [1.82, 2.24) is 9.97 Å². The minimum Gasteiger partial charge on any atom is -0.461 e. The molecule has 0 radical (unpaired) electrons. The Balaban J connectivity index is 2.11. The lowest BCUT2D eigenvalue weighted by Crippen LogP contribution is -2.25. The fraction of sp³-hybridized carbons (Fsp3) is 0.423. The lowest BCUT2D eigenvalue weighted by molar-refractivity contribution is -0.141. The van der Waals surface area contributed by atoms with Gasteiger partial charge in [0.25, 0.3) is 0 Å². The van der Waals surface area contributed by atoms with E-state index in [4.69, 9.17) is 19.7 Å². The third kappa shape index (κ3) is 8.46. The van der Waals surface area contributed by atoms with Crippen molar-refractivity contribution in [2.45, 2.75) is 44.8 Å². The SMILES string of the molecule is C=C(CO)C(=O)OCC(COC(O)C(=C)CO)c1ncc(-c2ccc(CCCCC)cc2)cn1. The number of nitrogens with zero attached hydrogens (tertiary/aromatic N) is 2. The number of benzene rings is 1. The fourth-order valence-electron chi connectivity index (χ4n) is 3.08. The molecule has 8 nitrogen and oxygen atoms in total. The fourth-order valence-corrected chi connectivity index (χ4v) is 3.08. The molecule has 2 atom stereocenters. The highest BCUT2D eigenvalue weighted by atomic mass is 16.6. The second-order valence-electron chi connectivity index (χ2n) is 8.04. The van der Waals surface area contributed by atoms with Crippen LogP contribution in [0.2, 0.25) is 0 Å². The Labute approximate surface area is 200 Å². The third-order valence-corrected chi connectivity index (χ3v) is 5.30. The van der Waals surface area contributed by atoms with E-state index < -0.39 is 31.4 Å². The molecule has 0 spiro atoms. The van der Waals surface area contributed by atoms with Crippen LogP contribution in [-0.2, 0) is 20.7 Å². The zero-order chi connectivity index (χ0) is 24.9. The second-order valence-corrected chi connectivity index (χ2v) is 8.04. The number of carbonyl (C=O) groups is 1. The topological polar surface area (TPSA) is 122 Å². The Bertz CT molecular complexity index is 927. The molecule has 8 heteroatoms. The quantitative estimate of drug-likeness (QED) is 0.119. The van der Waals surface area contributed by atoms with Crippen molar-refractivity contribution in [1.29, 1.82) is 0 Å². The minimum atomic E-state index is -1.38. The number of carbonyl (C=O) groups excluding carboxylic acids is 1. The molecule has 0 aliphatic carbocycles. The van der Waals surface area contributed by atoms with Crippen LogP contribution in [0.25, 0.3) is 11.1 Å². The molecule has 1 heterocycles. The maximum atomic E-state index is 11.9. The van der Waals surface area contributed by atoms with Crippen LogP contribution in [0.3, 0.4) is 0 Å². The van der Waals surface area contributed by atoms with Crippen LogP contribution >= 0.6 is 0 Å². The lowest BCUT2D eigenvalue weighted by atomic mass is 10.0. The van der Waals surface area contributed by atoms with Crippen LogP contribution in [0.15, 0.2) is 61.0 Å². The number of esters is 1. The highest BCUT2D eigenvalue weighted by molar-refractivity contribution is 5.87. The molecule has 0 saturated heterocycles. The van der Waals surface area contributed by atoms with Crippen molar-refractivity contribution in [3.05, 3.63) is 72.4 Å². The maximum Gasteiger partial charge on any atom is 0.335 e. The molecule has 2 aromatic rings. The van der Waals surface area contributed by atoms with Gasteiger partial charge < -0.3 is 24.8 Å². The summed E-state index contributed by atoms with van der Waals surface area (Å²) < 4.78 is 10.5. The predicted octanol–water partition coefficient (Wildman–Crippen LogP) is 2.94. The van der Waals surface area contributed by atoms with Crippen LogP contribution in [-0.4, -0.2) is 64.0 Å². The van der Waals surface area contributed by atoms with Crippen molar-refractivity contribution < 1.29 is 29.6 Å². The molecular weight excluding hydrogens is 436 g/mol. The summed E-state index contributed by atoms with van der Waals surface area (Å²) in [5.41, 5.74) is 3.13. The van der Waals surface area contributed by atoms with Gasteiger partial charge in [0, 0.05) is 23.5 Å². The van der Waals surface area contributed by atoms with E-state index in [1.54, 1.807) is 12.4 Å². The van der Waals surface area contributed by atoms with Crippen LogP contribution in [0, 0.1) is 0 Å². The zero-order valence-electron chi connectivity index (χ0n) is 19.7. The van der Waals surface area contributed by atoms with E-state index >= 15 is 0 Å². The Morgan fingerprint density at radius 3 is 2.26 bits per heavy atom. The van der Waals surface area contributed by atoms with E-state index in [2.05, 4.69) is 42.2 Å². The summed E-state index contributed by atoms with van der Waals surface area (Å²) in [4.78, 5) is 20.7. The molecule has 0 aliphatic heterocycles. The van der Waals surface area contributed by atoms with E-state index in [9.17, 15) is 9.90 Å². The van der Waals surface area contributed by atoms with Crippen LogP contribution in [0.4, 0.5) is 0 Å². The van der Waals surface area contributed by atoms with Gasteiger partial charge in [-0.15, -0.1) is 0 Å². The first-order valence-corrected chi connectivity index (χ1v) is 11.3. The van der Waals surface area contributed by atoms with Crippen molar-refractivity contribution in [2.75, 3.05) is 26.4 Å². The average molecular weight is 471 g/mol. The normalized spacial score (nSPS) is 12.7. The number of unbranched alkanes of at least 4 members (excludes halogenated alkanes) is 2. The van der Waals surface area contributed by atoms with Crippen molar-refractivity contribution in [3.8, 4) is 11.1 Å². The van der Waals surface area contributed by atoms with Gasteiger partial charge in [-0.2, -0.15) is 0 Å². The zero-order valence-corrected chi connectivity index (χ0v) is 19.7. The van der Waals surface area contributed by atoms with E-state index in [1.807, 2.05) is 12.1 Å². The number of ether oxygens (including phenoxy) is 2. The van der Waals surface area contributed by atoms with E-state index in [0.29, 0.717) is 5.82 Å². The van der Waals surface area contributed by atoms with Gasteiger partial charge in [0.1, 0.15) is 12.4 Å². The Kier molecular flexibility index (Phi) is 11.6. The summed E-state index contributed by atoms with van der Waals surface area (Å²) in [5.74, 6) is -1.00. The lowest BCUT2D eigenvalue weighted by Gasteiger charge is -2.19. The molecule has 34 heavy (non-hydrogen) atoms. The van der Waals surface area contributed by atoms with Crippen LogP contribution < -0.4 is 0 Å². The number of aliphatic hydroxyl groups excluding tert-OH is 3. The van der Waals surface area contributed by atoms with E-state index in [1.165, 1.54) is 24.8 Å². The summed E-state index contributed by atoms with van der Waals surface area (Å²) in [6, 6.07) is 8.30. The standard InChI is InChI=1S/C26H34N2O6/c1-4-5-6-7-20-8-10-21(11-9-20)22-12-27-24(28-13-22)23(16-33-25(31)18(2)14-29)17-34-26(32)19(3)15-30/h8-13,23,25,29-31H,2-7,14-17H2,1H3. The highest BCUT2D eigenvalue weighted by Gasteiger charge is 2.21. The molecule has 0 bridgehead atoms. The molecule has 0 amide bonds. The van der Waals surface area contributed by atoms with E-state index in [-0.39, 0.29) is 24.4 Å². The van der Waals surface area contributed by atoms with Gasteiger partial charge in [-0.05, 0) is 24.0 Å². The Morgan fingerprint density at radius 1 is 1.00 bits per heavy atom. The first-order valence-electron chi connectivity index (χ1n) is 11.3. The molecular formula is C26H34N2O6. The first kappa shape index (κ1) is 27.3. The molecule has 1 aromatic carbocycles. The summed E-state index contributed by atoms with van der Waals surface area (Å²) in [5, 5.41) is 28.1. The number of hydrogen-bond acceptors (Lipinski definition) is 8. The number of aliphatic hydroxyl groups is 3. The van der Waals surface area contributed by atoms with Crippen LogP contribution in [0.5, 0.6) is 0 Å². The summed E-state index contributed by atoms with van der Waals surface area (Å²) in [6.45, 7) is 7.96. The maximum absolute atomic E-state index is 11.9. The third-order valence-electron chi connectivity index (χ3n) is 5.30. The average Bonchev–Trinajstić information content (AvgIpc) is 2.88. The summed E-state index contributed by atoms with van der Waals surface area (Å²) in [6.07, 6.45) is 6.62. The smallest absolute Gasteiger partial charge is 0.335 e. The first-order chi connectivity index (χ1) is 16.4. The molecule has 0 aliphatic rings. The van der Waals surface area contributed by atoms with Gasteiger partial charge in [0.05, 0.1) is 31.3 Å². The van der Waals surface area contributed by atoms with Gasteiger partial charge >= 0.3 is 5.97 Å². The van der Waals surface area contributed by atoms with Crippen molar-refractivity contribution >= 4 is 5.97 Å². The van der Waals surface area contributed by atoms with Gasteiger partial charge in [0.15, 0.2) is 6.29 Å². The molecule has 184 valence electrons. The second kappa shape index (κ2) is 14.4. The van der Waals surface area contributed by atoms with Gasteiger partial charge in [-0.3, -0.25) is 0 Å². The van der Waals surface area contributed by atoms with Gasteiger partial charge in [-0.1, -0.05) is 57.2 Å². The molecule has 1 aromatic heterocycles. The largest absolute Gasteiger partial charge is 0.461 e. The van der Waals surface area contributed by atoms with Gasteiger partial charge in [0.2, 0.25) is 0 Å². The monoisotopic (exact) mass is 470 g/mol. The van der Waals surface area contributed by atoms with Gasteiger partial charge in [-0.25, -0.2) is 14.8 Å². The van der Waals surface area contributed by atoms with Crippen LogP contribution in [0.1, 0.15) is 43.5 Å². The van der Waals surface area contributed by atoms with Crippen molar-refractivity contribution in [2.24, 2.45) is 0 Å². The molecule has 3 N–H and O–H groups in total. The Morgan fingerprint density at radius 2 is 1.68 bits per heavy atom.